The van der Waals surface area contributed by atoms with Crippen molar-refractivity contribution in [1.29, 1.82) is 5.26 Å². The molecule has 0 aliphatic carbocycles. The summed E-state index contributed by atoms with van der Waals surface area (Å²) in [5.41, 5.74) is 2.49. The zero-order valence-corrected chi connectivity index (χ0v) is 10.9. The Labute approximate surface area is 104 Å². The number of nitriles is 1. The molecule has 3 nitrogen and oxygen atoms in total. The molecule has 0 saturated heterocycles. The molecule has 1 N–H and O–H groups in total. The minimum atomic E-state index is 0.334. The Balaban J connectivity index is 2.87. The summed E-state index contributed by atoms with van der Waals surface area (Å²) in [6.07, 6.45) is 0.556. The summed E-state index contributed by atoms with van der Waals surface area (Å²) in [5.74, 6) is 0. The molecule has 92 valence electrons. The maximum Gasteiger partial charge on any atom is 0.0640 e. The van der Waals surface area contributed by atoms with Crippen LogP contribution in [0.3, 0.4) is 0 Å². The van der Waals surface area contributed by atoms with Gasteiger partial charge in [0.2, 0.25) is 0 Å². The van der Waals surface area contributed by atoms with E-state index in [2.05, 4.69) is 48.3 Å². The van der Waals surface area contributed by atoms with Crippen LogP contribution in [0.5, 0.6) is 0 Å². The number of para-hydroxylation sites is 1. The maximum atomic E-state index is 8.64. The zero-order chi connectivity index (χ0) is 12.7. The molecule has 0 aliphatic heterocycles. The fourth-order valence-corrected chi connectivity index (χ4v) is 1.96. The summed E-state index contributed by atoms with van der Waals surface area (Å²) in [5, 5.41) is 12.1. The lowest BCUT2D eigenvalue weighted by atomic mass is 10.1. The number of benzene rings is 1. The molecule has 3 heteroatoms. The van der Waals surface area contributed by atoms with Crippen LogP contribution in [0.15, 0.2) is 24.3 Å². The van der Waals surface area contributed by atoms with E-state index in [1.54, 1.807) is 0 Å². The second kappa shape index (κ2) is 6.93. The number of hydrogen-bond donors (Lipinski definition) is 1. The first-order chi connectivity index (χ1) is 8.20. The van der Waals surface area contributed by atoms with Crippen molar-refractivity contribution in [3.63, 3.8) is 0 Å². The fourth-order valence-electron chi connectivity index (χ4n) is 1.96. The Morgan fingerprint density at radius 3 is 2.76 bits per heavy atom. The molecule has 0 fully saturated rings. The highest BCUT2D eigenvalue weighted by atomic mass is 15.1. The quantitative estimate of drug-likeness (QED) is 0.818. The second-order valence-electron chi connectivity index (χ2n) is 4.17. The van der Waals surface area contributed by atoms with E-state index in [0.717, 1.165) is 13.1 Å². The molecule has 1 atom stereocenters. The van der Waals surface area contributed by atoms with Crippen LogP contribution in [0, 0.1) is 11.3 Å². The molecule has 0 saturated carbocycles. The molecule has 1 aromatic rings. The van der Waals surface area contributed by atoms with E-state index in [1.807, 2.05) is 13.1 Å². The summed E-state index contributed by atoms with van der Waals surface area (Å²) < 4.78 is 0. The van der Waals surface area contributed by atoms with Crippen LogP contribution >= 0.6 is 0 Å². The molecular formula is C14H21N3. The third kappa shape index (κ3) is 3.76. The highest BCUT2D eigenvalue weighted by Gasteiger charge is 2.11. The average Bonchev–Trinajstić information content (AvgIpc) is 2.36. The van der Waals surface area contributed by atoms with Gasteiger partial charge in [0.25, 0.3) is 0 Å². The highest BCUT2D eigenvalue weighted by molar-refractivity contribution is 5.54. The van der Waals surface area contributed by atoms with Gasteiger partial charge in [-0.15, -0.1) is 0 Å². The molecule has 0 spiro atoms. The van der Waals surface area contributed by atoms with E-state index in [1.165, 1.54) is 11.3 Å². The molecule has 0 heterocycles. The van der Waals surface area contributed by atoms with Gasteiger partial charge in [-0.25, -0.2) is 0 Å². The lowest BCUT2D eigenvalue weighted by Gasteiger charge is -2.24. The van der Waals surface area contributed by atoms with E-state index < -0.39 is 0 Å². The van der Waals surface area contributed by atoms with Gasteiger partial charge in [0, 0.05) is 25.3 Å². The lowest BCUT2D eigenvalue weighted by molar-refractivity contribution is 0.597. The molecule has 1 unspecified atom stereocenters. The van der Waals surface area contributed by atoms with E-state index in [9.17, 15) is 0 Å². The smallest absolute Gasteiger partial charge is 0.0640 e. The largest absolute Gasteiger partial charge is 0.373 e. The third-order valence-corrected chi connectivity index (χ3v) is 2.88. The third-order valence-electron chi connectivity index (χ3n) is 2.88. The fraction of sp³-hybridized carbons (Fsp3) is 0.500. The summed E-state index contributed by atoms with van der Waals surface area (Å²) in [6.45, 7) is 6.00. The van der Waals surface area contributed by atoms with Gasteiger partial charge in [0.15, 0.2) is 0 Å². The molecular weight excluding hydrogens is 210 g/mol. The SMILES string of the molecule is CCNC(C)c1ccccc1N(C)CCC#N. The summed E-state index contributed by atoms with van der Waals surface area (Å²) in [6, 6.07) is 10.9. The van der Waals surface area contributed by atoms with Gasteiger partial charge >= 0.3 is 0 Å². The van der Waals surface area contributed by atoms with Gasteiger partial charge in [-0.3, -0.25) is 0 Å². The molecule has 0 radical (unpaired) electrons. The van der Waals surface area contributed by atoms with Crippen molar-refractivity contribution in [2.45, 2.75) is 26.3 Å². The van der Waals surface area contributed by atoms with Gasteiger partial charge in [-0.1, -0.05) is 25.1 Å². The lowest BCUT2D eigenvalue weighted by Crippen LogP contribution is -2.24. The Morgan fingerprint density at radius 2 is 2.12 bits per heavy atom. The van der Waals surface area contributed by atoms with Gasteiger partial charge < -0.3 is 10.2 Å². The summed E-state index contributed by atoms with van der Waals surface area (Å²) in [4.78, 5) is 2.15. The predicted octanol–water partition coefficient (Wildman–Crippen LogP) is 2.71. The van der Waals surface area contributed by atoms with Gasteiger partial charge in [-0.05, 0) is 25.1 Å². The summed E-state index contributed by atoms with van der Waals surface area (Å²) >= 11 is 0. The Morgan fingerprint density at radius 1 is 1.41 bits per heavy atom. The first-order valence-corrected chi connectivity index (χ1v) is 6.11. The first kappa shape index (κ1) is 13.5. The zero-order valence-electron chi connectivity index (χ0n) is 10.9. The molecule has 1 aromatic carbocycles. The first-order valence-electron chi connectivity index (χ1n) is 6.11. The van der Waals surface area contributed by atoms with Crippen molar-refractivity contribution in [3.05, 3.63) is 29.8 Å². The van der Waals surface area contributed by atoms with Crippen LogP contribution in [0.1, 0.15) is 31.9 Å². The van der Waals surface area contributed by atoms with E-state index in [4.69, 9.17) is 5.26 Å². The molecule has 0 bridgehead atoms. The van der Waals surface area contributed by atoms with Crippen molar-refractivity contribution in [2.24, 2.45) is 0 Å². The van der Waals surface area contributed by atoms with Gasteiger partial charge in [0.05, 0.1) is 12.5 Å². The van der Waals surface area contributed by atoms with Crippen molar-refractivity contribution in [1.82, 2.24) is 5.32 Å². The van der Waals surface area contributed by atoms with E-state index in [0.29, 0.717) is 12.5 Å². The number of hydrogen-bond acceptors (Lipinski definition) is 3. The minimum Gasteiger partial charge on any atom is -0.373 e. The monoisotopic (exact) mass is 231 g/mol. The van der Waals surface area contributed by atoms with Crippen LogP contribution in [0.2, 0.25) is 0 Å². The number of anilines is 1. The van der Waals surface area contributed by atoms with Crippen LogP contribution in [-0.4, -0.2) is 20.1 Å². The van der Waals surface area contributed by atoms with Crippen LogP contribution in [0.25, 0.3) is 0 Å². The molecule has 0 aromatic heterocycles. The number of rotatable bonds is 6. The normalized spacial score (nSPS) is 11.9. The maximum absolute atomic E-state index is 8.64. The molecule has 0 amide bonds. The van der Waals surface area contributed by atoms with Crippen LogP contribution < -0.4 is 10.2 Å². The standard InChI is InChI=1S/C14H21N3/c1-4-16-12(2)13-8-5-6-9-14(13)17(3)11-7-10-15/h5-6,8-9,12,16H,4,7,11H2,1-3H3. The number of nitrogens with zero attached hydrogens (tertiary/aromatic N) is 2. The van der Waals surface area contributed by atoms with Crippen LogP contribution in [0.4, 0.5) is 5.69 Å². The molecule has 1 rings (SSSR count). The Kier molecular flexibility index (Phi) is 5.51. The van der Waals surface area contributed by atoms with Gasteiger partial charge in [0.1, 0.15) is 0 Å². The van der Waals surface area contributed by atoms with Crippen molar-refractivity contribution >= 4 is 5.69 Å². The van der Waals surface area contributed by atoms with Crippen molar-refractivity contribution in [3.8, 4) is 6.07 Å². The van der Waals surface area contributed by atoms with E-state index >= 15 is 0 Å². The molecule has 0 aliphatic rings. The van der Waals surface area contributed by atoms with Gasteiger partial charge in [-0.2, -0.15) is 5.26 Å². The highest BCUT2D eigenvalue weighted by Crippen LogP contribution is 2.25. The Hall–Kier alpha value is -1.53. The Bertz CT molecular complexity index is 381. The predicted molar refractivity (Wildman–Crippen MR) is 72.0 cm³/mol. The number of nitrogens with one attached hydrogen (secondary N) is 1. The second-order valence-corrected chi connectivity index (χ2v) is 4.17. The molecule has 17 heavy (non-hydrogen) atoms. The minimum absolute atomic E-state index is 0.334. The van der Waals surface area contributed by atoms with E-state index in [-0.39, 0.29) is 0 Å². The van der Waals surface area contributed by atoms with Crippen molar-refractivity contribution in [2.75, 3.05) is 25.0 Å². The van der Waals surface area contributed by atoms with Crippen LogP contribution in [-0.2, 0) is 0 Å². The topological polar surface area (TPSA) is 39.1 Å². The summed E-state index contributed by atoms with van der Waals surface area (Å²) in [7, 11) is 2.04. The average molecular weight is 231 g/mol. The van der Waals surface area contributed by atoms with Crippen molar-refractivity contribution < 1.29 is 0 Å².